The minimum Gasteiger partial charge on any atom is -0.478 e. The minimum absolute atomic E-state index is 0.0196. The highest BCUT2D eigenvalue weighted by atomic mass is 35.5. The molecule has 108 valence electrons. The van der Waals surface area contributed by atoms with Crippen LogP contribution in [0.5, 0.6) is 0 Å². The first kappa shape index (κ1) is 14.7. The molecule has 6 heteroatoms. The molecule has 5 nitrogen and oxygen atoms in total. The summed E-state index contributed by atoms with van der Waals surface area (Å²) >= 11 is 5.88. The Balaban J connectivity index is 2.12. The third-order valence-corrected chi connectivity index (χ3v) is 3.91. The van der Waals surface area contributed by atoms with Crippen molar-refractivity contribution in [3.05, 3.63) is 28.8 Å². The average molecular weight is 297 g/mol. The largest absolute Gasteiger partial charge is 0.478 e. The van der Waals surface area contributed by atoms with E-state index >= 15 is 0 Å². The lowest BCUT2D eigenvalue weighted by atomic mass is 10.0. The molecule has 0 unspecified atom stereocenters. The number of benzene rings is 1. The smallest absolute Gasteiger partial charge is 0.337 e. The first-order valence-electron chi connectivity index (χ1n) is 6.43. The van der Waals surface area contributed by atoms with Crippen LogP contribution in [0, 0.1) is 0 Å². The number of carbonyl (C=O) groups is 2. The maximum Gasteiger partial charge on any atom is 0.337 e. The quantitative estimate of drug-likeness (QED) is 0.878. The maximum absolute atomic E-state index is 12.2. The second-order valence-corrected chi connectivity index (χ2v) is 5.90. The van der Waals surface area contributed by atoms with E-state index in [1.807, 2.05) is 13.8 Å². The minimum atomic E-state index is -1.09. The van der Waals surface area contributed by atoms with E-state index < -0.39 is 5.97 Å². The Morgan fingerprint density at radius 3 is 2.60 bits per heavy atom. The van der Waals surface area contributed by atoms with Crippen molar-refractivity contribution < 1.29 is 14.7 Å². The molecule has 2 N–H and O–H groups in total. The number of hydrogen-bond acceptors (Lipinski definition) is 2. The van der Waals surface area contributed by atoms with E-state index in [-0.39, 0.29) is 22.2 Å². The molecular formula is C14H17ClN2O3. The molecule has 0 radical (unpaired) electrons. The first-order chi connectivity index (χ1) is 9.31. The zero-order valence-corrected chi connectivity index (χ0v) is 12.2. The fourth-order valence-corrected chi connectivity index (χ4v) is 2.70. The van der Waals surface area contributed by atoms with Crippen molar-refractivity contribution in [1.82, 2.24) is 4.90 Å². The topological polar surface area (TPSA) is 69.6 Å². The number of nitrogens with zero attached hydrogens (tertiary/aromatic N) is 1. The second kappa shape index (κ2) is 5.32. The molecule has 1 aliphatic rings. The number of carboxylic acid groups (broad SMARTS) is 1. The van der Waals surface area contributed by atoms with Gasteiger partial charge >= 0.3 is 12.0 Å². The summed E-state index contributed by atoms with van der Waals surface area (Å²) in [5.74, 6) is -1.09. The Labute approximate surface area is 122 Å². The Hall–Kier alpha value is -1.75. The Morgan fingerprint density at radius 1 is 1.40 bits per heavy atom. The molecule has 0 atom stereocenters. The average Bonchev–Trinajstić information content (AvgIpc) is 2.68. The Kier molecular flexibility index (Phi) is 3.90. The van der Waals surface area contributed by atoms with E-state index in [0.29, 0.717) is 5.69 Å². The van der Waals surface area contributed by atoms with Crippen LogP contribution in [0.15, 0.2) is 18.2 Å². The molecule has 0 bridgehead atoms. The van der Waals surface area contributed by atoms with Gasteiger partial charge in [0.25, 0.3) is 0 Å². The van der Waals surface area contributed by atoms with Crippen molar-refractivity contribution in [1.29, 1.82) is 0 Å². The highest BCUT2D eigenvalue weighted by Gasteiger charge is 2.35. The van der Waals surface area contributed by atoms with Gasteiger partial charge in [0.15, 0.2) is 0 Å². The SMILES string of the molecule is CC1(C)CCCN1C(=O)Nc1ccc(C(=O)O)c(Cl)c1. The number of amides is 2. The zero-order valence-electron chi connectivity index (χ0n) is 11.4. The molecule has 2 amide bonds. The number of carbonyl (C=O) groups excluding carboxylic acids is 1. The van der Waals surface area contributed by atoms with Gasteiger partial charge in [-0.15, -0.1) is 0 Å². The van der Waals surface area contributed by atoms with Gasteiger partial charge in [-0.1, -0.05) is 11.6 Å². The summed E-state index contributed by atoms with van der Waals surface area (Å²) in [5, 5.41) is 11.8. The Morgan fingerprint density at radius 2 is 2.10 bits per heavy atom. The summed E-state index contributed by atoms with van der Waals surface area (Å²) in [7, 11) is 0. The second-order valence-electron chi connectivity index (χ2n) is 5.50. The summed E-state index contributed by atoms with van der Waals surface area (Å²) in [4.78, 5) is 24.9. The van der Waals surface area contributed by atoms with E-state index in [9.17, 15) is 9.59 Å². The summed E-state index contributed by atoms with van der Waals surface area (Å²) in [6.45, 7) is 4.78. The van der Waals surface area contributed by atoms with Gasteiger partial charge in [-0.2, -0.15) is 0 Å². The first-order valence-corrected chi connectivity index (χ1v) is 6.80. The molecule has 1 aromatic carbocycles. The Bertz CT molecular complexity index is 557. The van der Waals surface area contributed by atoms with E-state index in [2.05, 4.69) is 5.32 Å². The predicted octanol–water partition coefficient (Wildman–Crippen LogP) is 3.44. The number of carboxylic acids is 1. The van der Waals surface area contributed by atoms with E-state index in [0.717, 1.165) is 19.4 Å². The predicted molar refractivity (Wildman–Crippen MR) is 77.4 cm³/mol. The van der Waals surface area contributed by atoms with Crippen molar-refractivity contribution in [2.45, 2.75) is 32.2 Å². The van der Waals surface area contributed by atoms with Crippen LogP contribution in [0.25, 0.3) is 0 Å². The van der Waals surface area contributed by atoms with Crippen LogP contribution in [0.4, 0.5) is 10.5 Å². The van der Waals surface area contributed by atoms with Crippen LogP contribution in [0.2, 0.25) is 5.02 Å². The van der Waals surface area contributed by atoms with E-state index in [4.69, 9.17) is 16.7 Å². The van der Waals surface area contributed by atoms with Crippen molar-refractivity contribution in [3.8, 4) is 0 Å². The van der Waals surface area contributed by atoms with Crippen LogP contribution in [-0.4, -0.2) is 34.1 Å². The van der Waals surface area contributed by atoms with Gasteiger partial charge in [0.1, 0.15) is 0 Å². The molecule has 1 saturated heterocycles. The highest BCUT2D eigenvalue weighted by molar-refractivity contribution is 6.33. The molecule has 1 fully saturated rings. The molecule has 0 saturated carbocycles. The van der Waals surface area contributed by atoms with Crippen LogP contribution in [0.3, 0.4) is 0 Å². The number of hydrogen-bond donors (Lipinski definition) is 2. The van der Waals surface area contributed by atoms with Gasteiger partial charge in [-0.25, -0.2) is 9.59 Å². The van der Waals surface area contributed by atoms with Crippen molar-refractivity contribution in [2.75, 3.05) is 11.9 Å². The number of urea groups is 1. The molecular weight excluding hydrogens is 280 g/mol. The molecule has 0 aliphatic carbocycles. The molecule has 20 heavy (non-hydrogen) atoms. The maximum atomic E-state index is 12.2. The van der Waals surface area contributed by atoms with Gasteiger partial charge in [-0.05, 0) is 44.9 Å². The number of nitrogens with one attached hydrogen (secondary N) is 1. The van der Waals surface area contributed by atoms with Crippen molar-refractivity contribution in [3.63, 3.8) is 0 Å². The van der Waals surface area contributed by atoms with Gasteiger partial charge in [0.05, 0.1) is 10.6 Å². The standard InChI is InChI=1S/C14H17ClN2O3/c1-14(2)6-3-7-17(14)13(20)16-9-4-5-10(12(18)19)11(15)8-9/h4-5,8H,3,6-7H2,1-2H3,(H,16,20)(H,18,19). The van der Waals surface area contributed by atoms with Gasteiger partial charge in [0, 0.05) is 17.8 Å². The lowest BCUT2D eigenvalue weighted by Gasteiger charge is -2.31. The summed E-state index contributed by atoms with van der Waals surface area (Å²) < 4.78 is 0. The number of likely N-dealkylation sites (tertiary alicyclic amines) is 1. The normalized spacial score (nSPS) is 17.1. The lowest BCUT2D eigenvalue weighted by Crippen LogP contribution is -2.44. The van der Waals surface area contributed by atoms with Gasteiger partial charge in [0.2, 0.25) is 0 Å². The summed E-state index contributed by atoms with van der Waals surface area (Å²) in [5.41, 5.74) is 0.355. The molecule has 1 heterocycles. The van der Waals surface area contributed by atoms with Gasteiger partial charge < -0.3 is 15.3 Å². The number of aromatic carboxylic acids is 1. The lowest BCUT2D eigenvalue weighted by molar-refractivity contribution is 0.0697. The molecule has 1 aliphatic heterocycles. The fourth-order valence-electron chi connectivity index (χ4n) is 2.44. The van der Waals surface area contributed by atoms with Crippen LogP contribution >= 0.6 is 11.6 Å². The van der Waals surface area contributed by atoms with Crippen LogP contribution in [-0.2, 0) is 0 Å². The zero-order chi connectivity index (χ0) is 14.9. The number of halogens is 1. The van der Waals surface area contributed by atoms with E-state index in [1.54, 1.807) is 4.90 Å². The van der Waals surface area contributed by atoms with E-state index in [1.165, 1.54) is 18.2 Å². The molecule has 2 rings (SSSR count). The molecule has 0 aromatic heterocycles. The number of anilines is 1. The third kappa shape index (κ3) is 2.88. The van der Waals surface area contributed by atoms with Crippen LogP contribution in [0.1, 0.15) is 37.0 Å². The molecule has 0 spiro atoms. The summed E-state index contributed by atoms with van der Waals surface area (Å²) in [6.07, 6.45) is 1.96. The van der Waals surface area contributed by atoms with Crippen molar-refractivity contribution in [2.24, 2.45) is 0 Å². The third-order valence-electron chi connectivity index (χ3n) is 3.60. The molecule has 1 aromatic rings. The fraction of sp³-hybridized carbons (Fsp3) is 0.429. The number of rotatable bonds is 2. The van der Waals surface area contributed by atoms with Gasteiger partial charge in [-0.3, -0.25) is 0 Å². The van der Waals surface area contributed by atoms with Crippen LogP contribution < -0.4 is 5.32 Å². The summed E-state index contributed by atoms with van der Waals surface area (Å²) in [6, 6.07) is 4.18. The highest BCUT2D eigenvalue weighted by Crippen LogP contribution is 2.29. The van der Waals surface area contributed by atoms with Crippen molar-refractivity contribution >= 4 is 29.3 Å². The monoisotopic (exact) mass is 296 g/mol.